The van der Waals surface area contributed by atoms with E-state index in [4.69, 9.17) is 14.6 Å². The molecule has 0 aromatic heterocycles. The Balaban J connectivity index is 1.83. The number of carboxylic acid groups (broad SMARTS) is 1. The SMILES string of the molecule is CC1=C(/C=C/C(C)C/C=C/C(C)CC(=O)OC2OC(C(=O)O)C(O)C(O)C2O)C(C)(C)CCC1. The predicted molar refractivity (Wildman–Crippen MR) is 127 cm³/mol. The minimum atomic E-state index is -1.83. The molecule has 0 saturated carbocycles. The van der Waals surface area contributed by atoms with Crippen molar-refractivity contribution in [2.45, 2.75) is 97.4 Å². The first-order valence-corrected chi connectivity index (χ1v) is 12.0. The van der Waals surface area contributed by atoms with Gasteiger partial charge in [0.1, 0.15) is 18.3 Å². The van der Waals surface area contributed by atoms with Crippen molar-refractivity contribution in [3.8, 4) is 0 Å². The predicted octanol–water partition coefficient (Wildman–Crippen LogP) is 3.11. The van der Waals surface area contributed by atoms with Gasteiger partial charge in [0.05, 0.1) is 6.42 Å². The van der Waals surface area contributed by atoms with Crippen LogP contribution in [0.1, 0.15) is 66.7 Å². The monoisotopic (exact) mass is 480 g/mol. The Hall–Kier alpha value is -2.00. The number of carbonyl (C=O) groups excluding carboxylic acids is 1. The number of aliphatic hydroxyl groups excluding tert-OH is 3. The molecule has 0 radical (unpaired) electrons. The Bertz CT molecular complexity index is 812. The number of hydrogen-bond acceptors (Lipinski definition) is 7. The highest BCUT2D eigenvalue weighted by Gasteiger charge is 2.48. The highest BCUT2D eigenvalue weighted by Crippen LogP contribution is 2.40. The van der Waals surface area contributed by atoms with Gasteiger partial charge in [-0.2, -0.15) is 0 Å². The molecule has 0 aromatic carbocycles. The van der Waals surface area contributed by atoms with Crippen LogP contribution in [-0.4, -0.2) is 63.1 Å². The second-order valence-electron chi connectivity index (χ2n) is 10.3. The van der Waals surface area contributed by atoms with Crippen molar-refractivity contribution in [2.24, 2.45) is 17.3 Å². The maximum absolute atomic E-state index is 12.2. The van der Waals surface area contributed by atoms with E-state index in [9.17, 15) is 24.9 Å². The van der Waals surface area contributed by atoms with Crippen LogP contribution in [-0.2, 0) is 19.1 Å². The van der Waals surface area contributed by atoms with E-state index >= 15 is 0 Å². The summed E-state index contributed by atoms with van der Waals surface area (Å²) >= 11 is 0. The molecular formula is C26H40O8. The van der Waals surface area contributed by atoms with Crippen LogP contribution in [0.4, 0.5) is 0 Å². The minimum Gasteiger partial charge on any atom is -0.479 e. The molecule has 7 unspecified atom stereocenters. The zero-order valence-corrected chi connectivity index (χ0v) is 20.8. The highest BCUT2D eigenvalue weighted by atomic mass is 16.7. The van der Waals surface area contributed by atoms with Gasteiger partial charge in [0.2, 0.25) is 6.29 Å². The molecule has 2 rings (SSSR count). The van der Waals surface area contributed by atoms with E-state index in [1.165, 1.54) is 24.0 Å². The van der Waals surface area contributed by atoms with E-state index < -0.39 is 42.6 Å². The molecule has 0 aromatic rings. The third-order valence-corrected chi connectivity index (χ3v) is 6.66. The van der Waals surface area contributed by atoms with Crippen LogP contribution in [0.2, 0.25) is 0 Å². The molecule has 1 saturated heterocycles. The number of esters is 1. The summed E-state index contributed by atoms with van der Waals surface area (Å²) in [4.78, 5) is 23.4. The smallest absolute Gasteiger partial charge is 0.335 e. The van der Waals surface area contributed by atoms with Crippen LogP contribution in [0.5, 0.6) is 0 Å². The van der Waals surface area contributed by atoms with Gasteiger partial charge in [0, 0.05) is 0 Å². The molecule has 34 heavy (non-hydrogen) atoms. The third-order valence-electron chi connectivity index (χ3n) is 6.66. The minimum absolute atomic E-state index is 0.00996. The van der Waals surface area contributed by atoms with Crippen molar-refractivity contribution < 1.29 is 39.5 Å². The molecule has 4 N–H and O–H groups in total. The Labute approximate surface area is 202 Å². The highest BCUT2D eigenvalue weighted by molar-refractivity contribution is 5.73. The zero-order valence-electron chi connectivity index (χ0n) is 20.8. The zero-order chi connectivity index (χ0) is 25.6. The Kier molecular flexibility index (Phi) is 10.1. The molecular weight excluding hydrogens is 440 g/mol. The lowest BCUT2D eigenvalue weighted by Gasteiger charge is -2.38. The average Bonchev–Trinajstić information content (AvgIpc) is 2.73. The van der Waals surface area contributed by atoms with Crippen LogP contribution in [0.3, 0.4) is 0 Å². The largest absolute Gasteiger partial charge is 0.479 e. The van der Waals surface area contributed by atoms with Crippen molar-refractivity contribution in [1.82, 2.24) is 0 Å². The van der Waals surface area contributed by atoms with Gasteiger partial charge in [-0.05, 0) is 55.4 Å². The molecule has 1 aliphatic heterocycles. The van der Waals surface area contributed by atoms with E-state index in [1.807, 2.05) is 19.1 Å². The maximum atomic E-state index is 12.2. The van der Waals surface area contributed by atoms with Crippen molar-refractivity contribution >= 4 is 11.9 Å². The molecule has 192 valence electrons. The lowest BCUT2D eigenvalue weighted by molar-refractivity contribution is -0.286. The molecule has 0 bridgehead atoms. The first-order valence-electron chi connectivity index (χ1n) is 12.0. The normalized spacial score (nSPS) is 31.6. The average molecular weight is 481 g/mol. The summed E-state index contributed by atoms with van der Waals surface area (Å²) in [7, 11) is 0. The van der Waals surface area contributed by atoms with E-state index in [2.05, 4.69) is 39.8 Å². The van der Waals surface area contributed by atoms with Crippen LogP contribution < -0.4 is 0 Å². The second-order valence-corrected chi connectivity index (χ2v) is 10.3. The Morgan fingerprint density at radius 3 is 2.41 bits per heavy atom. The number of allylic oxidation sites excluding steroid dienone is 6. The number of aliphatic carboxylic acids is 1. The number of hydrogen-bond donors (Lipinski definition) is 4. The van der Waals surface area contributed by atoms with Crippen LogP contribution in [0, 0.1) is 17.3 Å². The van der Waals surface area contributed by atoms with Gasteiger partial charge in [-0.1, -0.05) is 57.6 Å². The summed E-state index contributed by atoms with van der Waals surface area (Å²) in [5, 5.41) is 38.5. The molecule has 7 atom stereocenters. The van der Waals surface area contributed by atoms with Crippen molar-refractivity contribution in [3.63, 3.8) is 0 Å². The fraction of sp³-hybridized carbons (Fsp3) is 0.692. The van der Waals surface area contributed by atoms with Crippen molar-refractivity contribution in [2.75, 3.05) is 0 Å². The maximum Gasteiger partial charge on any atom is 0.335 e. The summed E-state index contributed by atoms with van der Waals surface area (Å²) in [6, 6.07) is 0. The molecule has 8 nitrogen and oxygen atoms in total. The number of aliphatic hydroxyl groups is 3. The van der Waals surface area contributed by atoms with E-state index in [-0.39, 0.29) is 17.8 Å². The topological polar surface area (TPSA) is 134 Å². The van der Waals surface area contributed by atoms with Gasteiger partial charge in [0.15, 0.2) is 6.10 Å². The molecule has 0 amide bonds. The molecule has 1 heterocycles. The third kappa shape index (κ3) is 7.50. The fourth-order valence-electron chi connectivity index (χ4n) is 4.53. The molecule has 0 spiro atoms. The van der Waals surface area contributed by atoms with Gasteiger partial charge >= 0.3 is 11.9 Å². The van der Waals surface area contributed by atoms with Crippen LogP contribution in [0.15, 0.2) is 35.5 Å². The summed E-state index contributed by atoms with van der Waals surface area (Å²) in [6.07, 6.45) is 3.97. The summed E-state index contributed by atoms with van der Waals surface area (Å²) in [5.41, 5.74) is 3.10. The summed E-state index contributed by atoms with van der Waals surface area (Å²) < 4.78 is 10.0. The lowest BCUT2D eigenvalue weighted by Crippen LogP contribution is -2.60. The molecule has 8 heteroatoms. The van der Waals surface area contributed by atoms with Gasteiger partial charge in [0.25, 0.3) is 0 Å². The number of ether oxygens (including phenoxy) is 2. The van der Waals surface area contributed by atoms with Gasteiger partial charge in [-0.3, -0.25) is 4.79 Å². The van der Waals surface area contributed by atoms with E-state index in [0.29, 0.717) is 5.92 Å². The Morgan fingerprint density at radius 1 is 1.12 bits per heavy atom. The first kappa shape index (κ1) is 28.2. The molecule has 2 aliphatic rings. The van der Waals surface area contributed by atoms with Crippen LogP contribution >= 0.6 is 0 Å². The fourth-order valence-corrected chi connectivity index (χ4v) is 4.53. The lowest BCUT2D eigenvalue weighted by atomic mass is 9.72. The quantitative estimate of drug-likeness (QED) is 0.292. The molecule has 1 fully saturated rings. The number of carboxylic acids is 1. The number of carbonyl (C=O) groups is 2. The van der Waals surface area contributed by atoms with Crippen molar-refractivity contribution in [1.29, 1.82) is 0 Å². The second kappa shape index (κ2) is 12.1. The first-order chi connectivity index (χ1) is 15.8. The number of rotatable bonds is 9. The molecule has 1 aliphatic carbocycles. The van der Waals surface area contributed by atoms with Gasteiger partial charge in [-0.25, -0.2) is 4.79 Å². The van der Waals surface area contributed by atoms with Gasteiger partial charge in [-0.15, -0.1) is 0 Å². The summed E-state index contributed by atoms with van der Waals surface area (Å²) in [5.74, 6) is -2.06. The Morgan fingerprint density at radius 2 is 1.79 bits per heavy atom. The van der Waals surface area contributed by atoms with E-state index in [0.717, 1.165) is 12.8 Å². The van der Waals surface area contributed by atoms with E-state index in [1.54, 1.807) is 0 Å². The van der Waals surface area contributed by atoms with Crippen molar-refractivity contribution in [3.05, 3.63) is 35.5 Å². The summed E-state index contributed by atoms with van der Waals surface area (Å²) in [6.45, 7) is 10.8. The van der Waals surface area contributed by atoms with Crippen LogP contribution in [0.25, 0.3) is 0 Å². The standard InChI is InChI=1S/C26H40O8/c1-15(11-12-18-17(3)10-7-13-26(18,4)5)8-6-9-16(2)14-19(27)33-25-22(30)20(28)21(29)23(34-25)24(31)32/h6,9,11-12,15-16,20-23,25,28-30H,7-8,10,13-14H2,1-5H3,(H,31,32)/b9-6+,12-11+. The van der Waals surface area contributed by atoms with Gasteiger partial charge < -0.3 is 29.9 Å².